The van der Waals surface area contributed by atoms with E-state index in [1.165, 1.54) is 0 Å². The molecule has 0 unspecified atom stereocenters. The van der Waals surface area contributed by atoms with Crippen molar-refractivity contribution in [2.45, 2.75) is 6.92 Å². The van der Waals surface area contributed by atoms with E-state index < -0.39 is 0 Å². The van der Waals surface area contributed by atoms with Gasteiger partial charge in [0.1, 0.15) is 5.15 Å². The largest absolute Gasteiger partial charge is 0.264 e. The predicted octanol–water partition coefficient (Wildman–Crippen LogP) is 4.93. The average Bonchev–Trinajstić information content (AvgIpc) is 2.51. The average molecular weight is 361 g/mol. The number of nitrogens with zero attached hydrogens (tertiary/aromatic N) is 3. The fourth-order valence-corrected chi connectivity index (χ4v) is 2.63. The first-order valence-corrected chi connectivity index (χ1v) is 7.53. The molecule has 1 aromatic carbocycles. The first-order chi connectivity index (χ1) is 10.2. The third-order valence-corrected chi connectivity index (χ3v) is 4.37. The Balaban J connectivity index is 2.22. The lowest BCUT2D eigenvalue weighted by Gasteiger charge is -2.09. The van der Waals surface area contributed by atoms with Gasteiger partial charge in [0.2, 0.25) is 0 Å². The molecule has 0 radical (unpaired) electrons. The van der Waals surface area contributed by atoms with Crippen LogP contribution in [0.15, 0.2) is 53.3 Å². The summed E-state index contributed by atoms with van der Waals surface area (Å²) in [5.74, 6) is 0.599. The van der Waals surface area contributed by atoms with Crippen LogP contribution in [0.2, 0.25) is 5.15 Å². The van der Waals surface area contributed by atoms with Crippen LogP contribution in [0.4, 0.5) is 0 Å². The molecule has 0 saturated heterocycles. The Morgan fingerprint density at radius 1 is 1.05 bits per heavy atom. The molecular weight excluding hydrogens is 350 g/mol. The van der Waals surface area contributed by atoms with Crippen LogP contribution in [-0.2, 0) is 0 Å². The monoisotopic (exact) mass is 359 g/mol. The van der Waals surface area contributed by atoms with Crippen molar-refractivity contribution in [2.24, 2.45) is 0 Å². The molecule has 0 aliphatic carbocycles. The maximum absolute atomic E-state index is 6.26. The second-order valence-corrected chi connectivity index (χ2v) is 5.71. The Labute approximate surface area is 136 Å². The van der Waals surface area contributed by atoms with E-state index in [9.17, 15) is 0 Å². The summed E-state index contributed by atoms with van der Waals surface area (Å²) >= 11 is 9.73. The summed E-state index contributed by atoms with van der Waals surface area (Å²) in [5, 5.41) is 0.398. The van der Waals surface area contributed by atoms with Gasteiger partial charge in [-0.05, 0) is 34.5 Å². The molecule has 21 heavy (non-hydrogen) atoms. The Morgan fingerprint density at radius 2 is 1.81 bits per heavy atom. The van der Waals surface area contributed by atoms with Crippen molar-refractivity contribution >= 4 is 27.5 Å². The van der Waals surface area contributed by atoms with Crippen molar-refractivity contribution in [3.05, 3.63) is 64.0 Å². The molecule has 2 heterocycles. The maximum Gasteiger partial charge on any atom is 0.161 e. The number of benzene rings is 1. The number of aromatic nitrogens is 3. The molecule has 104 valence electrons. The normalized spacial score (nSPS) is 10.6. The highest BCUT2D eigenvalue weighted by Gasteiger charge is 2.14. The van der Waals surface area contributed by atoms with Crippen LogP contribution in [0.25, 0.3) is 22.6 Å². The minimum Gasteiger partial charge on any atom is -0.264 e. The molecule has 3 aromatic rings. The van der Waals surface area contributed by atoms with Crippen LogP contribution in [0.1, 0.15) is 5.56 Å². The standard InChI is InChI=1S/C16H11BrClN3/c1-10-9-19-8-7-12(10)16-20-14(13(17)15(18)21-16)11-5-3-2-4-6-11/h2-9H,1H3. The number of pyridine rings is 1. The minimum atomic E-state index is 0.398. The molecule has 0 spiro atoms. The smallest absolute Gasteiger partial charge is 0.161 e. The van der Waals surface area contributed by atoms with Crippen LogP contribution in [0.5, 0.6) is 0 Å². The zero-order valence-electron chi connectivity index (χ0n) is 11.2. The van der Waals surface area contributed by atoms with Gasteiger partial charge in [-0.25, -0.2) is 9.97 Å². The van der Waals surface area contributed by atoms with Crippen molar-refractivity contribution in [3.63, 3.8) is 0 Å². The van der Waals surface area contributed by atoms with E-state index in [1.54, 1.807) is 12.4 Å². The van der Waals surface area contributed by atoms with E-state index in [2.05, 4.69) is 30.9 Å². The number of halogens is 2. The van der Waals surface area contributed by atoms with Gasteiger partial charge in [0.25, 0.3) is 0 Å². The highest BCUT2D eigenvalue weighted by molar-refractivity contribution is 9.10. The Hall–Kier alpha value is -1.78. The molecule has 0 aliphatic rings. The van der Waals surface area contributed by atoms with Crippen LogP contribution in [0, 0.1) is 6.92 Å². The third kappa shape index (κ3) is 2.82. The van der Waals surface area contributed by atoms with Gasteiger partial charge >= 0.3 is 0 Å². The SMILES string of the molecule is Cc1cnccc1-c1nc(Cl)c(Br)c(-c2ccccc2)n1. The zero-order valence-corrected chi connectivity index (χ0v) is 13.6. The Kier molecular flexibility index (Phi) is 3.99. The first kappa shape index (κ1) is 14.2. The van der Waals surface area contributed by atoms with Gasteiger partial charge in [-0.1, -0.05) is 41.9 Å². The summed E-state index contributed by atoms with van der Waals surface area (Å²) in [6.45, 7) is 1.98. The van der Waals surface area contributed by atoms with Gasteiger partial charge in [0, 0.05) is 23.5 Å². The van der Waals surface area contributed by atoms with Crippen LogP contribution in [0.3, 0.4) is 0 Å². The van der Waals surface area contributed by atoms with E-state index >= 15 is 0 Å². The molecule has 0 atom stereocenters. The number of aryl methyl sites for hydroxylation is 1. The molecule has 0 bridgehead atoms. The van der Waals surface area contributed by atoms with E-state index in [4.69, 9.17) is 11.6 Å². The summed E-state index contributed by atoms with van der Waals surface area (Å²) in [4.78, 5) is 13.1. The molecule has 0 N–H and O–H groups in total. The highest BCUT2D eigenvalue weighted by Crippen LogP contribution is 2.33. The van der Waals surface area contributed by atoms with Crippen molar-refractivity contribution in [2.75, 3.05) is 0 Å². The Bertz CT molecular complexity index is 791. The van der Waals surface area contributed by atoms with Gasteiger partial charge in [0.05, 0.1) is 10.2 Å². The molecular formula is C16H11BrClN3. The highest BCUT2D eigenvalue weighted by atomic mass is 79.9. The maximum atomic E-state index is 6.26. The molecule has 2 aromatic heterocycles. The molecule has 0 amide bonds. The van der Waals surface area contributed by atoms with E-state index in [-0.39, 0.29) is 0 Å². The fraction of sp³-hybridized carbons (Fsp3) is 0.0625. The zero-order chi connectivity index (χ0) is 14.8. The summed E-state index contributed by atoms with van der Waals surface area (Å²) in [6.07, 6.45) is 3.51. The lowest BCUT2D eigenvalue weighted by molar-refractivity contribution is 1.14. The van der Waals surface area contributed by atoms with Crippen LogP contribution < -0.4 is 0 Å². The van der Waals surface area contributed by atoms with Crippen molar-refractivity contribution in [1.82, 2.24) is 15.0 Å². The van der Waals surface area contributed by atoms with Gasteiger partial charge in [-0.2, -0.15) is 0 Å². The van der Waals surface area contributed by atoms with Gasteiger partial charge < -0.3 is 0 Å². The number of rotatable bonds is 2. The second kappa shape index (κ2) is 5.92. The molecule has 5 heteroatoms. The molecule has 3 rings (SSSR count). The second-order valence-electron chi connectivity index (χ2n) is 4.56. The van der Waals surface area contributed by atoms with Crippen molar-refractivity contribution in [1.29, 1.82) is 0 Å². The number of hydrogen-bond donors (Lipinski definition) is 0. The quantitative estimate of drug-likeness (QED) is 0.608. The van der Waals surface area contributed by atoms with Crippen molar-refractivity contribution < 1.29 is 0 Å². The summed E-state index contributed by atoms with van der Waals surface area (Å²) in [5.41, 5.74) is 3.70. The molecule has 0 aliphatic heterocycles. The minimum absolute atomic E-state index is 0.398. The summed E-state index contributed by atoms with van der Waals surface area (Å²) in [7, 11) is 0. The van der Waals surface area contributed by atoms with Crippen LogP contribution in [-0.4, -0.2) is 15.0 Å². The topological polar surface area (TPSA) is 38.7 Å². The van der Waals surface area contributed by atoms with E-state index in [1.807, 2.05) is 43.3 Å². The van der Waals surface area contributed by atoms with Crippen molar-refractivity contribution in [3.8, 4) is 22.6 Å². The van der Waals surface area contributed by atoms with Gasteiger partial charge in [-0.3, -0.25) is 4.98 Å². The first-order valence-electron chi connectivity index (χ1n) is 6.36. The predicted molar refractivity (Wildman–Crippen MR) is 88.1 cm³/mol. The molecule has 3 nitrogen and oxygen atoms in total. The Morgan fingerprint density at radius 3 is 2.52 bits per heavy atom. The fourth-order valence-electron chi connectivity index (χ4n) is 2.05. The molecule has 0 fully saturated rings. The lowest BCUT2D eigenvalue weighted by Crippen LogP contribution is -1.97. The number of hydrogen-bond acceptors (Lipinski definition) is 3. The third-order valence-electron chi connectivity index (χ3n) is 3.12. The summed E-state index contributed by atoms with van der Waals surface area (Å²) in [6, 6.07) is 11.8. The summed E-state index contributed by atoms with van der Waals surface area (Å²) < 4.78 is 0.700. The van der Waals surface area contributed by atoms with E-state index in [0.29, 0.717) is 15.5 Å². The van der Waals surface area contributed by atoms with Crippen LogP contribution >= 0.6 is 27.5 Å². The lowest BCUT2D eigenvalue weighted by atomic mass is 10.1. The van der Waals surface area contributed by atoms with E-state index in [0.717, 1.165) is 22.4 Å². The van der Waals surface area contributed by atoms with Gasteiger partial charge in [-0.15, -0.1) is 0 Å². The molecule has 0 saturated carbocycles. The van der Waals surface area contributed by atoms with Gasteiger partial charge in [0.15, 0.2) is 5.82 Å².